The average molecular weight is 388 g/mol. The number of urea groups is 1. The van der Waals surface area contributed by atoms with Crippen LogP contribution in [0.3, 0.4) is 0 Å². The van der Waals surface area contributed by atoms with Gasteiger partial charge in [0.05, 0.1) is 13.3 Å². The second-order valence-electron chi connectivity index (χ2n) is 7.06. The van der Waals surface area contributed by atoms with E-state index in [0.29, 0.717) is 23.8 Å². The summed E-state index contributed by atoms with van der Waals surface area (Å²) in [7, 11) is 3.11. The lowest BCUT2D eigenvalue weighted by atomic mass is 10.1. The number of nitrogens with zero attached hydrogens (tertiary/aromatic N) is 4. The average Bonchev–Trinajstić information content (AvgIpc) is 2.99. The molecule has 10 nitrogen and oxygen atoms in total. The number of phenols is 1. The molecule has 2 unspecified atom stereocenters. The second kappa shape index (κ2) is 7.75. The van der Waals surface area contributed by atoms with Crippen molar-refractivity contribution in [1.82, 2.24) is 20.5 Å². The first-order chi connectivity index (χ1) is 13.3. The molecule has 3 rings (SSSR count). The molecule has 1 aromatic carbocycles. The van der Waals surface area contributed by atoms with Gasteiger partial charge in [-0.15, -0.1) is 0 Å². The number of imide groups is 1. The van der Waals surface area contributed by atoms with E-state index in [-0.39, 0.29) is 17.6 Å². The SMILES string of the molecule is COc1ccc(/C=N/NC2=NC3C(C(=O)NC(=O)N3C)N2CC(C)C)c(O)c1. The molecule has 1 saturated heterocycles. The van der Waals surface area contributed by atoms with E-state index < -0.39 is 18.2 Å². The largest absolute Gasteiger partial charge is 0.507 e. The molecule has 28 heavy (non-hydrogen) atoms. The molecule has 150 valence electrons. The third-order valence-corrected chi connectivity index (χ3v) is 4.53. The molecule has 2 heterocycles. The molecular weight excluding hydrogens is 364 g/mol. The number of aromatic hydroxyl groups is 1. The fourth-order valence-electron chi connectivity index (χ4n) is 3.13. The van der Waals surface area contributed by atoms with Gasteiger partial charge in [-0.2, -0.15) is 5.10 Å². The third kappa shape index (κ3) is 3.71. The van der Waals surface area contributed by atoms with E-state index in [9.17, 15) is 14.7 Å². The van der Waals surface area contributed by atoms with Gasteiger partial charge in [0, 0.05) is 25.2 Å². The number of carbonyl (C=O) groups excluding carboxylic acids is 2. The summed E-state index contributed by atoms with van der Waals surface area (Å²) in [5, 5.41) is 16.5. The first-order valence-electron chi connectivity index (χ1n) is 8.90. The highest BCUT2D eigenvalue weighted by molar-refractivity contribution is 6.03. The van der Waals surface area contributed by atoms with Crippen molar-refractivity contribution in [2.75, 3.05) is 20.7 Å². The van der Waals surface area contributed by atoms with Crippen LogP contribution in [-0.4, -0.2) is 71.9 Å². The van der Waals surface area contributed by atoms with Gasteiger partial charge in [0.2, 0.25) is 5.96 Å². The lowest BCUT2D eigenvalue weighted by Gasteiger charge is -2.36. The zero-order chi connectivity index (χ0) is 20.4. The van der Waals surface area contributed by atoms with E-state index in [0.717, 1.165) is 0 Å². The summed E-state index contributed by atoms with van der Waals surface area (Å²) in [6.07, 6.45) is 0.828. The highest BCUT2D eigenvalue weighted by Crippen LogP contribution is 2.24. The van der Waals surface area contributed by atoms with Crippen LogP contribution in [0.5, 0.6) is 11.5 Å². The molecule has 3 N–H and O–H groups in total. The lowest BCUT2D eigenvalue weighted by molar-refractivity contribution is -0.127. The fourth-order valence-corrected chi connectivity index (χ4v) is 3.13. The number of carbonyl (C=O) groups is 2. The standard InChI is InChI=1S/C18H24N6O4/c1-10(2)9-24-14-15(23(3)18(27)21-16(14)26)20-17(24)22-19-8-11-5-6-12(28-4)7-13(11)25/h5-8,10,14-15,25H,9H2,1-4H3,(H,20,22)(H,21,26,27)/b19-8+. The van der Waals surface area contributed by atoms with Crippen molar-refractivity contribution in [3.05, 3.63) is 23.8 Å². The Morgan fingerprint density at radius 3 is 2.82 bits per heavy atom. The number of fused-ring (bicyclic) bond motifs is 1. The number of hydrogen-bond donors (Lipinski definition) is 3. The van der Waals surface area contributed by atoms with E-state index in [1.165, 1.54) is 24.3 Å². The van der Waals surface area contributed by atoms with Crippen LogP contribution in [0, 0.1) is 5.92 Å². The normalized spacial score (nSPS) is 21.8. The van der Waals surface area contributed by atoms with Crippen molar-refractivity contribution < 1.29 is 19.4 Å². The Hall–Kier alpha value is -3.30. The number of amides is 3. The highest BCUT2D eigenvalue weighted by atomic mass is 16.5. The summed E-state index contributed by atoms with van der Waals surface area (Å²) >= 11 is 0. The van der Waals surface area contributed by atoms with Gasteiger partial charge in [-0.25, -0.2) is 15.2 Å². The van der Waals surface area contributed by atoms with Gasteiger partial charge in [0.15, 0.2) is 12.2 Å². The van der Waals surface area contributed by atoms with Gasteiger partial charge in [-0.1, -0.05) is 13.8 Å². The monoisotopic (exact) mass is 388 g/mol. The first kappa shape index (κ1) is 19.5. The van der Waals surface area contributed by atoms with Gasteiger partial charge in [-0.3, -0.25) is 10.1 Å². The molecule has 0 saturated carbocycles. The molecule has 1 aromatic rings. The van der Waals surface area contributed by atoms with Crippen LogP contribution in [0.25, 0.3) is 0 Å². The van der Waals surface area contributed by atoms with Gasteiger partial charge < -0.3 is 19.6 Å². The Morgan fingerprint density at radius 2 is 2.18 bits per heavy atom. The minimum absolute atomic E-state index is 0.0238. The topological polar surface area (TPSA) is 119 Å². The number of methoxy groups -OCH3 is 1. The maximum absolute atomic E-state index is 12.4. The molecule has 2 atom stereocenters. The quantitative estimate of drug-likeness (QED) is 0.500. The van der Waals surface area contributed by atoms with Crippen LogP contribution in [0.15, 0.2) is 28.3 Å². The minimum Gasteiger partial charge on any atom is -0.507 e. The van der Waals surface area contributed by atoms with Gasteiger partial charge in [-0.05, 0) is 18.1 Å². The molecule has 0 spiro atoms. The minimum atomic E-state index is -0.618. The Morgan fingerprint density at radius 1 is 1.43 bits per heavy atom. The molecule has 0 aromatic heterocycles. The number of rotatable bonds is 5. The summed E-state index contributed by atoms with van der Waals surface area (Å²) in [5.41, 5.74) is 3.33. The molecule has 0 bridgehead atoms. The summed E-state index contributed by atoms with van der Waals surface area (Å²) in [5.74, 6) is 0.830. The molecule has 10 heteroatoms. The number of hydrogen-bond acceptors (Lipinski definition) is 8. The summed E-state index contributed by atoms with van der Waals surface area (Å²) < 4.78 is 5.05. The van der Waals surface area contributed by atoms with Crippen molar-refractivity contribution in [1.29, 1.82) is 0 Å². The number of phenolic OH excluding ortho intramolecular Hbond substituents is 1. The third-order valence-electron chi connectivity index (χ3n) is 4.53. The number of ether oxygens (including phenoxy) is 1. The highest BCUT2D eigenvalue weighted by Gasteiger charge is 2.48. The fraction of sp³-hybridized carbons (Fsp3) is 0.444. The van der Waals surface area contributed by atoms with Crippen LogP contribution in [0.2, 0.25) is 0 Å². The number of hydrazone groups is 1. The number of aliphatic imine (C=N–C) groups is 1. The second-order valence-corrected chi connectivity index (χ2v) is 7.06. The smallest absolute Gasteiger partial charge is 0.325 e. The van der Waals surface area contributed by atoms with E-state index in [1.807, 2.05) is 13.8 Å². The van der Waals surface area contributed by atoms with Crippen LogP contribution in [0.1, 0.15) is 19.4 Å². The zero-order valence-corrected chi connectivity index (χ0v) is 16.2. The van der Waals surface area contributed by atoms with Crippen molar-refractivity contribution in [2.45, 2.75) is 26.1 Å². The van der Waals surface area contributed by atoms with Crippen molar-refractivity contribution >= 4 is 24.1 Å². The molecule has 2 aliphatic rings. The van der Waals surface area contributed by atoms with E-state index in [4.69, 9.17) is 4.74 Å². The Kier molecular flexibility index (Phi) is 5.39. The van der Waals surface area contributed by atoms with E-state index >= 15 is 0 Å². The summed E-state index contributed by atoms with van der Waals surface area (Å²) in [6, 6.07) is 3.77. The maximum Gasteiger partial charge on any atom is 0.325 e. The van der Waals surface area contributed by atoms with E-state index in [1.54, 1.807) is 24.1 Å². The predicted octanol–water partition coefficient (Wildman–Crippen LogP) is 0.528. The van der Waals surface area contributed by atoms with Crippen LogP contribution >= 0.6 is 0 Å². The Balaban J connectivity index is 1.80. The van der Waals surface area contributed by atoms with Gasteiger partial charge in [0.1, 0.15) is 11.5 Å². The van der Waals surface area contributed by atoms with Gasteiger partial charge >= 0.3 is 6.03 Å². The molecule has 2 aliphatic heterocycles. The lowest BCUT2D eigenvalue weighted by Crippen LogP contribution is -2.64. The molecule has 0 aliphatic carbocycles. The van der Waals surface area contributed by atoms with Gasteiger partial charge in [0.25, 0.3) is 5.91 Å². The van der Waals surface area contributed by atoms with Crippen molar-refractivity contribution in [3.8, 4) is 11.5 Å². The summed E-state index contributed by atoms with van der Waals surface area (Å²) in [6.45, 7) is 4.62. The number of nitrogens with one attached hydrogen (secondary N) is 2. The summed E-state index contributed by atoms with van der Waals surface area (Å²) in [4.78, 5) is 32.0. The molecular formula is C18H24N6O4. The van der Waals surface area contributed by atoms with Crippen molar-refractivity contribution in [2.24, 2.45) is 16.0 Å². The predicted molar refractivity (Wildman–Crippen MR) is 103 cm³/mol. The maximum atomic E-state index is 12.4. The zero-order valence-electron chi connectivity index (χ0n) is 16.2. The first-order valence-corrected chi connectivity index (χ1v) is 8.90. The van der Waals surface area contributed by atoms with E-state index in [2.05, 4.69) is 20.8 Å². The Bertz CT molecular complexity index is 837. The van der Waals surface area contributed by atoms with Crippen molar-refractivity contribution in [3.63, 3.8) is 0 Å². The number of likely N-dealkylation sites (N-methyl/N-ethyl adjacent to an activating group) is 1. The van der Waals surface area contributed by atoms with Crippen LogP contribution in [-0.2, 0) is 4.79 Å². The van der Waals surface area contributed by atoms with Crippen LogP contribution in [0.4, 0.5) is 4.79 Å². The number of guanidine groups is 1. The molecule has 0 radical (unpaired) electrons. The van der Waals surface area contributed by atoms with Crippen LogP contribution < -0.4 is 15.5 Å². The Labute approximate surface area is 162 Å². The molecule has 1 fully saturated rings. The molecule has 3 amide bonds. The number of benzene rings is 1.